The molecule has 1 aliphatic heterocycles. The number of sulfone groups is 1. The predicted octanol–water partition coefficient (Wildman–Crippen LogP) is 3.37. The zero-order valence-electron chi connectivity index (χ0n) is 14.1. The summed E-state index contributed by atoms with van der Waals surface area (Å²) in [5.74, 6) is 0. The zero-order valence-corrected chi connectivity index (χ0v) is 14.9. The monoisotopic (exact) mass is 366 g/mol. The Kier molecular flexibility index (Phi) is 4.12. The van der Waals surface area contributed by atoms with Crippen molar-refractivity contribution >= 4 is 21.2 Å². The maximum atomic E-state index is 13.2. The second-order valence-electron chi connectivity index (χ2n) is 6.24. The van der Waals surface area contributed by atoms with E-state index in [1.54, 1.807) is 34.9 Å². The Balaban J connectivity index is 1.89. The molecule has 0 bridgehead atoms. The summed E-state index contributed by atoms with van der Waals surface area (Å²) in [6, 6.07) is 19.1. The molecule has 0 radical (unpaired) electrons. The van der Waals surface area contributed by atoms with E-state index in [4.69, 9.17) is 0 Å². The van der Waals surface area contributed by atoms with Crippen LogP contribution in [0, 0.1) is 0 Å². The first kappa shape index (κ1) is 16.6. The van der Waals surface area contributed by atoms with E-state index >= 15 is 0 Å². The van der Waals surface area contributed by atoms with Gasteiger partial charge in [-0.1, -0.05) is 36.4 Å². The van der Waals surface area contributed by atoms with E-state index in [0.29, 0.717) is 18.7 Å². The molecule has 0 unspecified atom stereocenters. The van der Waals surface area contributed by atoms with Crippen LogP contribution in [-0.2, 0) is 22.8 Å². The maximum absolute atomic E-state index is 13.2. The van der Waals surface area contributed by atoms with E-state index < -0.39 is 9.84 Å². The molecule has 1 aromatic heterocycles. The summed E-state index contributed by atoms with van der Waals surface area (Å²) in [6.45, 7) is 0.537. The van der Waals surface area contributed by atoms with Gasteiger partial charge < -0.3 is 9.88 Å². The summed E-state index contributed by atoms with van der Waals surface area (Å²) in [4.78, 5) is 13.2. The van der Waals surface area contributed by atoms with Crippen molar-refractivity contribution in [3.8, 4) is 0 Å². The van der Waals surface area contributed by atoms with E-state index in [1.807, 2.05) is 30.3 Å². The van der Waals surface area contributed by atoms with Gasteiger partial charge in [-0.2, -0.15) is 0 Å². The van der Waals surface area contributed by atoms with Gasteiger partial charge in [0.1, 0.15) is 5.69 Å². The van der Waals surface area contributed by atoms with Crippen molar-refractivity contribution in [1.29, 1.82) is 0 Å². The Morgan fingerprint density at radius 2 is 1.58 bits per heavy atom. The SMILES string of the molecule is O=c1c(Nc2ccccc2)cc(S(=O)(=O)c2ccccc2)c2n1CCC2. The fourth-order valence-corrected chi connectivity index (χ4v) is 4.87. The molecule has 0 fully saturated rings. The number of aromatic nitrogens is 1. The number of para-hydroxylation sites is 1. The lowest BCUT2D eigenvalue weighted by Crippen LogP contribution is -2.24. The van der Waals surface area contributed by atoms with Gasteiger partial charge in [-0.3, -0.25) is 4.79 Å². The Bertz CT molecular complexity index is 1110. The van der Waals surface area contributed by atoms with Crippen molar-refractivity contribution in [2.24, 2.45) is 0 Å². The molecule has 0 spiro atoms. The van der Waals surface area contributed by atoms with Gasteiger partial charge in [0.2, 0.25) is 9.84 Å². The number of hydrogen-bond acceptors (Lipinski definition) is 4. The minimum Gasteiger partial charge on any atom is -0.351 e. The molecule has 0 aliphatic carbocycles. The van der Waals surface area contributed by atoms with Crippen molar-refractivity contribution in [3.05, 3.63) is 82.8 Å². The molecule has 6 heteroatoms. The highest BCUT2D eigenvalue weighted by atomic mass is 32.2. The molecule has 132 valence electrons. The van der Waals surface area contributed by atoms with Crippen LogP contribution in [0.3, 0.4) is 0 Å². The third-order valence-electron chi connectivity index (χ3n) is 4.55. The normalized spacial score (nSPS) is 13.4. The van der Waals surface area contributed by atoms with Crippen LogP contribution < -0.4 is 10.9 Å². The summed E-state index contributed by atoms with van der Waals surface area (Å²) in [6.07, 6.45) is 1.35. The first-order valence-electron chi connectivity index (χ1n) is 8.46. The summed E-state index contributed by atoms with van der Waals surface area (Å²) >= 11 is 0. The van der Waals surface area contributed by atoms with Crippen LogP contribution in [0.1, 0.15) is 12.1 Å². The quantitative estimate of drug-likeness (QED) is 0.769. The first-order valence-corrected chi connectivity index (χ1v) is 9.94. The average molecular weight is 366 g/mol. The topological polar surface area (TPSA) is 68.2 Å². The van der Waals surface area contributed by atoms with Crippen molar-refractivity contribution in [2.75, 3.05) is 5.32 Å². The predicted molar refractivity (Wildman–Crippen MR) is 101 cm³/mol. The molecule has 3 aromatic rings. The summed E-state index contributed by atoms with van der Waals surface area (Å²) in [5, 5.41) is 3.07. The third kappa shape index (κ3) is 2.82. The summed E-state index contributed by atoms with van der Waals surface area (Å²) in [7, 11) is -3.70. The molecule has 26 heavy (non-hydrogen) atoms. The highest BCUT2D eigenvalue weighted by Crippen LogP contribution is 2.29. The van der Waals surface area contributed by atoms with Gasteiger partial charge >= 0.3 is 0 Å². The summed E-state index contributed by atoms with van der Waals surface area (Å²) < 4.78 is 27.9. The van der Waals surface area contributed by atoms with E-state index in [1.165, 1.54) is 6.07 Å². The van der Waals surface area contributed by atoms with Crippen molar-refractivity contribution in [2.45, 2.75) is 29.2 Å². The number of nitrogens with zero attached hydrogens (tertiary/aromatic N) is 1. The Morgan fingerprint density at radius 3 is 2.27 bits per heavy atom. The van der Waals surface area contributed by atoms with Crippen LogP contribution >= 0.6 is 0 Å². The van der Waals surface area contributed by atoms with Gasteiger partial charge in [-0.25, -0.2) is 8.42 Å². The first-order chi connectivity index (χ1) is 12.6. The molecule has 2 aromatic carbocycles. The maximum Gasteiger partial charge on any atom is 0.274 e. The van der Waals surface area contributed by atoms with Gasteiger partial charge in [-0.05, 0) is 43.2 Å². The Hall–Kier alpha value is -2.86. The number of pyridine rings is 1. The van der Waals surface area contributed by atoms with Gasteiger partial charge in [0.05, 0.1) is 9.79 Å². The van der Waals surface area contributed by atoms with E-state index in [9.17, 15) is 13.2 Å². The molecule has 1 N–H and O–H groups in total. The molecular weight excluding hydrogens is 348 g/mol. The number of rotatable bonds is 4. The van der Waals surface area contributed by atoms with E-state index in [0.717, 1.165) is 12.1 Å². The lowest BCUT2D eigenvalue weighted by atomic mass is 10.2. The number of anilines is 2. The second-order valence-corrected chi connectivity index (χ2v) is 8.15. The zero-order chi connectivity index (χ0) is 18.1. The number of benzene rings is 2. The van der Waals surface area contributed by atoms with Gasteiger partial charge in [0, 0.05) is 17.9 Å². The van der Waals surface area contributed by atoms with Crippen LogP contribution in [0.15, 0.2) is 81.3 Å². The minimum atomic E-state index is -3.70. The van der Waals surface area contributed by atoms with Crippen LogP contribution in [0.2, 0.25) is 0 Å². The highest BCUT2D eigenvalue weighted by Gasteiger charge is 2.28. The van der Waals surface area contributed by atoms with Crippen LogP contribution in [-0.4, -0.2) is 13.0 Å². The van der Waals surface area contributed by atoms with E-state index in [-0.39, 0.29) is 21.0 Å². The third-order valence-corrected chi connectivity index (χ3v) is 6.38. The molecule has 1 aliphatic rings. The molecular formula is C20H18N2O3S. The fraction of sp³-hybridized carbons (Fsp3) is 0.150. The van der Waals surface area contributed by atoms with Gasteiger partial charge in [-0.15, -0.1) is 0 Å². The average Bonchev–Trinajstić information content (AvgIpc) is 3.15. The van der Waals surface area contributed by atoms with E-state index in [2.05, 4.69) is 5.32 Å². The largest absolute Gasteiger partial charge is 0.351 e. The molecule has 0 amide bonds. The molecule has 0 saturated heterocycles. The smallest absolute Gasteiger partial charge is 0.274 e. The van der Waals surface area contributed by atoms with Crippen molar-refractivity contribution < 1.29 is 8.42 Å². The lowest BCUT2D eigenvalue weighted by Gasteiger charge is -2.15. The molecule has 0 saturated carbocycles. The molecule has 5 nitrogen and oxygen atoms in total. The number of nitrogens with one attached hydrogen (secondary N) is 1. The van der Waals surface area contributed by atoms with Gasteiger partial charge in [0.25, 0.3) is 5.56 Å². The fourth-order valence-electron chi connectivity index (χ4n) is 3.30. The Labute approximate surface area is 151 Å². The van der Waals surface area contributed by atoms with Crippen LogP contribution in [0.4, 0.5) is 11.4 Å². The summed E-state index contributed by atoms with van der Waals surface area (Å²) in [5.41, 5.74) is 1.42. The molecule has 0 atom stereocenters. The standard InChI is InChI=1S/C20H18N2O3S/c23-20-17(21-15-8-3-1-4-9-15)14-19(18-12-7-13-22(18)20)26(24,25)16-10-5-2-6-11-16/h1-6,8-11,14,21H,7,12-13H2. The van der Waals surface area contributed by atoms with Crippen molar-refractivity contribution in [1.82, 2.24) is 4.57 Å². The highest BCUT2D eigenvalue weighted by molar-refractivity contribution is 7.91. The lowest BCUT2D eigenvalue weighted by molar-refractivity contribution is 0.593. The van der Waals surface area contributed by atoms with Crippen LogP contribution in [0.25, 0.3) is 0 Å². The van der Waals surface area contributed by atoms with Gasteiger partial charge in [0.15, 0.2) is 0 Å². The second kappa shape index (κ2) is 6.46. The van der Waals surface area contributed by atoms with Crippen molar-refractivity contribution in [3.63, 3.8) is 0 Å². The minimum absolute atomic E-state index is 0.187. The molecule has 2 heterocycles. The Morgan fingerprint density at radius 1 is 0.923 bits per heavy atom. The van der Waals surface area contributed by atoms with Crippen LogP contribution in [0.5, 0.6) is 0 Å². The number of hydrogen-bond donors (Lipinski definition) is 1. The number of fused-ring (bicyclic) bond motifs is 1. The molecule has 4 rings (SSSR count).